The normalized spacial score (nSPS) is 22.5. The summed E-state index contributed by atoms with van der Waals surface area (Å²) in [6, 6.07) is 15.4. The van der Waals surface area contributed by atoms with Gasteiger partial charge in [0.05, 0.1) is 17.5 Å². The van der Waals surface area contributed by atoms with E-state index in [4.69, 9.17) is 16.3 Å². The van der Waals surface area contributed by atoms with Crippen molar-refractivity contribution in [3.8, 4) is 0 Å². The van der Waals surface area contributed by atoms with Gasteiger partial charge in [0.25, 0.3) is 5.91 Å². The van der Waals surface area contributed by atoms with Crippen LogP contribution < -0.4 is 5.32 Å². The molecule has 198 valence electrons. The molecule has 2 saturated heterocycles. The van der Waals surface area contributed by atoms with Crippen LogP contribution in [0.15, 0.2) is 59.6 Å². The van der Waals surface area contributed by atoms with Gasteiger partial charge in [-0.3, -0.25) is 4.79 Å². The minimum absolute atomic E-state index is 0.00800. The number of thioether (sulfide) groups is 1. The minimum Gasteiger partial charge on any atom is -0.444 e. The molecule has 1 N–H and O–H groups in total. The first kappa shape index (κ1) is 27.5. The Morgan fingerprint density at radius 1 is 1.14 bits per heavy atom. The number of hydrogen-bond donors (Lipinski definition) is 1. The van der Waals surface area contributed by atoms with E-state index >= 15 is 0 Å². The lowest BCUT2D eigenvalue weighted by atomic mass is 10.1. The Morgan fingerprint density at radius 3 is 2.49 bits per heavy atom. The molecule has 37 heavy (non-hydrogen) atoms. The number of alkyl carbamates (subject to hydrolysis) is 1. The van der Waals surface area contributed by atoms with E-state index in [1.165, 1.54) is 11.8 Å². The van der Waals surface area contributed by atoms with Gasteiger partial charge in [-0.15, -0.1) is 0 Å². The molecule has 2 aromatic carbocycles. The molecule has 2 fully saturated rings. The summed E-state index contributed by atoms with van der Waals surface area (Å²) in [4.78, 5) is 32.3. The summed E-state index contributed by atoms with van der Waals surface area (Å²) in [5.74, 6) is -0.520. The third-order valence-electron chi connectivity index (χ3n) is 5.95. The molecule has 2 aliphatic heterocycles. The third kappa shape index (κ3) is 7.27. The predicted molar refractivity (Wildman–Crippen MR) is 147 cm³/mol. The molecule has 2 heterocycles. The van der Waals surface area contributed by atoms with Crippen molar-refractivity contribution >= 4 is 50.4 Å². The molecule has 3 atom stereocenters. The molecule has 0 unspecified atom stereocenters. The van der Waals surface area contributed by atoms with Crippen LogP contribution in [0.25, 0.3) is 0 Å². The molecule has 0 saturated carbocycles. The zero-order valence-electron chi connectivity index (χ0n) is 20.9. The number of amidine groups is 1. The van der Waals surface area contributed by atoms with E-state index in [-0.39, 0.29) is 29.2 Å². The number of halogens is 1. The first-order chi connectivity index (χ1) is 17.4. The van der Waals surface area contributed by atoms with Gasteiger partial charge in [0.15, 0.2) is 15.0 Å². The fraction of sp³-hybridized carbons (Fsp3) is 0.423. The van der Waals surface area contributed by atoms with Crippen molar-refractivity contribution in [3.63, 3.8) is 0 Å². The molecule has 2 aromatic rings. The number of hydrogen-bond acceptors (Lipinski definition) is 6. The quantitative estimate of drug-likeness (QED) is 0.564. The van der Waals surface area contributed by atoms with Crippen molar-refractivity contribution in [1.82, 2.24) is 10.2 Å². The fourth-order valence-corrected chi connectivity index (χ4v) is 8.45. The van der Waals surface area contributed by atoms with Crippen LogP contribution in [0, 0.1) is 0 Å². The molecule has 2 amide bonds. The van der Waals surface area contributed by atoms with E-state index in [9.17, 15) is 18.0 Å². The van der Waals surface area contributed by atoms with Crippen LogP contribution in [-0.4, -0.2) is 64.9 Å². The third-order valence-corrected chi connectivity index (χ3v) is 9.57. The summed E-state index contributed by atoms with van der Waals surface area (Å²) in [5, 5.41) is 3.42. The molecule has 0 spiro atoms. The number of nitrogens with zero attached hydrogens (tertiary/aromatic N) is 2. The van der Waals surface area contributed by atoms with Crippen LogP contribution in [0.4, 0.5) is 4.79 Å². The van der Waals surface area contributed by atoms with Crippen LogP contribution >= 0.6 is 23.4 Å². The van der Waals surface area contributed by atoms with E-state index in [0.717, 1.165) is 11.1 Å². The Bertz CT molecular complexity index is 1290. The second-order valence-corrected chi connectivity index (χ2v) is 13.9. The molecular weight excluding hydrogens is 534 g/mol. The Kier molecular flexibility index (Phi) is 8.20. The van der Waals surface area contributed by atoms with Crippen molar-refractivity contribution in [2.75, 3.05) is 11.5 Å². The summed E-state index contributed by atoms with van der Waals surface area (Å²) in [6.07, 6.45) is -0.483. The summed E-state index contributed by atoms with van der Waals surface area (Å²) < 4.78 is 30.1. The molecule has 0 aliphatic carbocycles. The predicted octanol–water partition coefficient (Wildman–Crippen LogP) is 4.07. The Labute approximate surface area is 226 Å². The van der Waals surface area contributed by atoms with Gasteiger partial charge in [-0.25, -0.2) is 13.2 Å². The summed E-state index contributed by atoms with van der Waals surface area (Å²) >= 11 is 7.67. The minimum atomic E-state index is -3.19. The van der Waals surface area contributed by atoms with Crippen LogP contribution in [0.5, 0.6) is 0 Å². The number of fused-ring (bicyclic) bond motifs is 1. The molecule has 4 rings (SSSR count). The van der Waals surface area contributed by atoms with E-state index in [0.29, 0.717) is 16.7 Å². The molecule has 8 nitrogen and oxygen atoms in total. The Balaban J connectivity index is 1.62. The highest BCUT2D eigenvalue weighted by Crippen LogP contribution is 2.39. The molecule has 0 bridgehead atoms. The van der Waals surface area contributed by atoms with Gasteiger partial charge in [0.2, 0.25) is 0 Å². The number of nitrogens with one attached hydrogen (secondary N) is 1. The highest BCUT2D eigenvalue weighted by molar-refractivity contribution is 8.15. The first-order valence-corrected chi connectivity index (χ1v) is 15.0. The average Bonchev–Trinajstić information content (AvgIpc) is 3.25. The summed E-state index contributed by atoms with van der Waals surface area (Å²) in [5.41, 5.74) is 0.932. The SMILES string of the molecule is CC(C)(C)OC(=O)N[C@@H](Cc1ccccc1)C(=O)N=C1S[C@H]2CS(=O)(=O)C[C@H]2N1Cc1ccccc1Cl. The number of sulfone groups is 1. The first-order valence-electron chi connectivity index (χ1n) is 11.9. The zero-order chi connectivity index (χ0) is 26.8. The number of ether oxygens (including phenoxy) is 1. The van der Waals surface area contributed by atoms with Crippen LogP contribution in [0.2, 0.25) is 5.02 Å². The second-order valence-electron chi connectivity index (χ2n) is 10.1. The van der Waals surface area contributed by atoms with Crippen molar-refractivity contribution in [3.05, 3.63) is 70.7 Å². The van der Waals surface area contributed by atoms with E-state index in [1.54, 1.807) is 26.8 Å². The molecule has 2 aliphatic rings. The van der Waals surface area contributed by atoms with Crippen LogP contribution in [0.3, 0.4) is 0 Å². The average molecular weight is 564 g/mol. The van der Waals surface area contributed by atoms with Gasteiger partial charge < -0.3 is 15.0 Å². The molecule has 0 radical (unpaired) electrons. The monoisotopic (exact) mass is 563 g/mol. The zero-order valence-corrected chi connectivity index (χ0v) is 23.3. The number of carbonyl (C=O) groups is 2. The lowest BCUT2D eigenvalue weighted by Gasteiger charge is -2.25. The number of amides is 2. The van der Waals surface area contributed by atoms with Crippen LogP contribution in [0.1, 0.15) is 31.9 Å². The van der Waals surface area contributed by atoms with E-state index < -0.39 is 33.5 Å². The largest absolute Gasteiger partial charge is 0.444 e. The van der Waals surface area contributed by atoms with Gasteiger partial charge >= 0.3 is 6.09 Å². The van der Waals surface area contributed by atoms with E-state index in [1.807, 2.05) is 53.4 Å². The number of aliphatic imine (C=N–C) groups is 1. The lowest BCUT2D eigenvalue weighted by Crippen LogP contribution is -2.45. The number of benzene rings is 2. The second kappa shape index (κ2) is 11.0. The maximum absolute atomic E-state index is 13.5. The molecule has 11 heteroatoms. The van der Waals surface area contributed by atoms with E-state index in [2.05, 4.69) is 10.3 Å². The molecule has 0 aromatic heterocycles. The van der Waals surface area contributed by atoms with Gasteiger partial charge in [-0.2, -0.15) is 4.99 Å². The fourth-order valence-electron chi connectivity index (χ4n) is 4.30. The maximum Gasteiger partial charge on any atom is 0.408 e. The van der Waals surface area contributed by atoms with Gasteiger partial charge in [-0.1, -0.05) is 71.9 Å². The maximum atomic E-state index is 13.5. The van der Waals surface area contributed by atoms with Crippen molar-refractivity contribution < 1.29 is 22.7 Å². The van der Waals surface area contributed by atoms with Gasteiger partial charge in [0.1, 0.15) is 11.6 Å². The molecular formula is C26H30ClN3O5S2. The van der Waals surface area contributed by atoms with Gasteiger partial charge in [-0.05, 0) is 38.0 Å². The standard InChI is InChI=1S/C26H30ClN3O5S2/c1-26(2,3)35-25(32)28-20(13-17-9-5-4-6-10-17)23(31)29-24-30(14-18-11-7-8-12-19(18)27)21-15-37(33,34)16-22(21)36-24/h4-12,20-22H,13-16H2,1-3H3,(H,28,32)/t20-,21+,22-/m0/s1. The number of rotatable bonds is 6. The highest BCUT2D eigenvalue weighted by Gasteiger charge is 2.49. The highest BCUT2D eigenvalue weighted by atomic mass is 35.5. The lowest BCUT2D eigenvalue weighted by molar-refractivity contribution is -0.119. The van der Waals surface area contributed by atoms with Crippen molar-refractivity contribution in [1.29, 1.82) is 0 Å². The van der Waals surface area contributed by atoms with Crippen molar-refractivity contribution in [2.24, 2.45) is 4.99 Å². The Hall–Kier alpha value is -2.56. The summed E-state index contributed by atoms with van der Waals surface area (Å²) in [7, 11) is -3.19. The smallest absolute Gasteiger partial charge is 0.408 e. The Morgan fingerprint density at radius 2 is 1.81 bits per heavy atom. The topological polar surface area (TPSA) is 105 Å². The van der Waals surface area contributed by atoms with Gasteiger partial charge in [0, 0.05) is 23.2 Å². The number of carbonyl (C=O) groups excluding carboxylic acids is 2. The summed E-state index contributed by atoms with van der Waals surface area (Å²) in [6.45, 7) is 5.55. The van der Waals surface area contributed by atoms with Crippen LogP contribution in [-0.2, 0) is 32.3 Å². The van der Waals surface area contributed by atoms with Crippen molar-refractivity contribution in [2.45, 2.75) is 56.7 Å².